The number of rotatable bonds is 7. The molecule has 1 unspecified atom stereocenters. The molecule has 1 saturated heterocycles. The largest absolute Gasteiger partial charge is 0.393 e. The van der Waals surface area contributed by atoms with Gasteiger partial charge in [0, 0.05) is 44.6 Å². The summed E-state index contributed by atoms with van der Waals surface area (Å²) in [6.07, 6.45) is 6.89. The average molecular weight is 320 g/mol. The number of hydrogen-bond acceptors (Lipinski definition) is 4. The molecule has 1 aromatic rings. The summed E-state index contributed by atoms with van der Waals surface area (Å²) in [6, 6.07) is 4.25. The highest BCUT2D eigenvalue weighted by Gasteiger charge is 2.20. The van der Waals surface area contributed by atoms with Crippen LogP contribution in [-0.2, 0) is 6.42 Å². The van der Waals surface area contributed by atoms with Gasteiger partial charge >= 0.3 is 6.03 Å². The Morgan fingerprint density at radius 2 is 2.09 bits per heavy atom. The van der Waals surface area contributed by atoms with Gasteiger partial charge in [0.05, 0.1) is 6.10 Å². The normalized spacial score (nSPS) is 17.7. The lowest BCUT2D eigenvalue weighted by Gasteiger charge is -2.32. The zero-order chi connectivity index (χ0) is 16.5. The Morgan fingerprint density at radius 3 is 2.74 bits per heavy atom. The number of aromatic nitrogens is 1. The van der Waals surface area contributed by atoms with Gasteiger partial charge in [-0.05, 0) is 50.3 Å². The van der Waals surface area contributed by atoms with E-state index in [-0.39, 0.29) is 18.2 Å². The molecule has 23 heavy (non-hydrogen) atoms. The van der Waals surface area contributed by atoms with E-state index in [1.807, 2.05) is 12.4 Å². The Bertz CT molecular complexity index is 459. The van der Waals surface area contributed by atoms with Crippen molar-refractivity contribution in [3.05, 3.63) is 30.1 Å². The summed E-state index contributed by atoms with van der Waals surface area (Å²) in [5, 5.41) is 15.0. The molecule has 0 spiro atoms. The van der Waals surface area contributed by atoms with Gasteiger partial charge in [-0.3, -0.25) is 4.98 Å². The maximum absolute atomic E-state index is 11.8. The van der Waals surface area contributed by atoms with Crippen molar-refractivity contribution in [2.45, 2.75) is 44.8 Å². The van der Waals surface area contributed by atoms with E-state index in [2.05, 4.69) is 32.7 Å². The fraction of sp³-hybridized carbons (Fsp3) is 0.647. The molecule has 2 heterocycles. The quantitative estimate of drug-likeness (QED) is 0.704. The molecule has 0 radical (unpaired) electrons. The predicted molar refractivity (Wildman–Crippen MR) is 90.2 cm³/mol. The molecule has 1 aliphatic heterocycles. The van der Waals surface area contributed by atoms with E-state index in [4.69, 9.17) is 5.11 Å². The molecule has 0 saturated carbocycles. The molecule has 1 fully saturated rings. The van der Waals surface area contributed by atoms with Crippen molar-refractivity contribution in [3.63, 3.8) is 0 Å². The van der Waals surface area contributed by atoms with Gasteiger partial charge in [-0.1, -0.05) is 0 Å². The first-order valence-corrected chi connectivity index (χ1v) is 8.47. The number of pyridine rings is 1. The molecule has 3 N–H and O–H groups in total. The highest BCUT2D eigenvalue weighted by molar-refractivity contribution is 5.74. The standard InChI is InChI=1S/C17H28N4O2/c1-14(22)2-10-19-17(23)20-16-6-12-21(13-7-16)11-5-15-3-8-18-9-4-15/h3-4,8-9,14,16,22H,2,5-7,10-13H2,1H3,(H2,19,20,23). The molecule has 2 rings (SSSR count). The molecule has 2 amide bonds. The van der Waals surface area contributed by atoms with Crippen LogP contribution >= 0.6 is 0 Å². The van der Waals surface area contributed by atoms with Crippen LogP contribution < -0.4 is 10.6 Å². The molecular weight excluding hydrogens is 292 g/mol. The molecule has 6 heteroatoms. The molecule has 0 aromatic carbocycles. The van der Waals surface area contributed by atoms with E-state index < -0.39 is 0 Å². The molecule has 1 aliphatic rings. The van der Waals surface area contributed by atoms with Gasteiger partial charge in [-0.2, -0.15) is 0 Å². The summed E-state index contributed by atoms with van der Waals surface area (Å²) >= 11 is 0. The highest BCUT2D eigenvalue weighted by Crippen LogP contribution is 2.11. The molecule has 128 valence electrons. The van der Waals surface area contributed by atoms with Gasteiger partial charge in [-0.25, -0.2) is 4.79 Å². The third-order valence-electron chi connectivity index (χ3n) is 4.24. The Kier molecular flexibility index (Phi) is 7.29. The van der Waals surface area contributed by atoms with E-state index in [1.165, 1.54) is 5.56 Å². The first-order chi connectivity index (χ1) is 11.1. The van der Waals surface area contributed by atoms with Gasteiger partial charge in [0.15, 0.2) is 0 Å². The zero-order valence-corrected chi connectivity index (χ0v) is 13.9. The van der Waals surface area contributed by atoms with Crippen LogP contribution in [-0.4, -0.2) is 59.3 Å². The number of aliphatic hydroxyl groups excluding tert-OH is 1. The number of carbonyl (C=O) groups is 1. The van der Waals surface area contributed by atoms with Crippen LogP contribution in [0.1, 0.15) is 31.7 Å². The third-order valence-corrected chi connectivity index (χ3v) is 4.24. The number of piperidine rings is 1. The summed E-state index contributed by atoms with van der Waals surface area (Å²) in [4.78, 5) is 18.2. The summed E-state index contributed by atoms with van der Waals surface area (Å²) in [5.41, 5.74) is 1.32. The molecule has 1 atom stereocenters. The number of nitrogens with zero attached hydrogens (tertiary/aromatic N) is 2. The molecular formula is C17H28N4O2. The first kappa shape index (κ1) is 17.7. The van der Waals surface area contributed by atoms with Crippen molar-refractivity contribution in [3.8, 4) is 0 Å². The fourth-order valence-corrected chi connectivity index (χ4v) is 2.77. The molecule has 1 aromatic heterocycles. The monoisotopic (exact) mass is 320 g/mol. The van der Waals surface area contributed by atoms with Crippen LogP contribution in [0.5, 0.6) is 0 Å². The predicted octanol–water partition coefficient (Wildman–Crippen LogP) is 1.16. The SMILES string of the molecule is CC(O)CCNC(=O)NC1CCN(CCc2ccncc2)CC1. The van der Waals surface area contributed by atoms with Crippen LogP contribution in [0.3, 0.4) is 0 Å². The fourth-order valence-electron chi connectivity index (χ4n) is 2.77. The number of urea groups is 1. The van der Waals surface area contributed by atoms with Crippen LogP contribution in [0, 0.1) is 0 Å². The summed E-state index contributed by atoms with van der Waals surface area (Å²) in [5.74, 6) is 0. The maximum Gasteiger partial charge on any atom is 0.315 e. The number of aliphatic hydroxyl groups is 1. The van der Waals surface area contributed by atoms with Crippen LogP contribution in [0.25, 0.3) is 0 Å². The van der Waals surface area contributed by atoms with E-state index in [0.717, 1.165) is 38.9 Å². The minimum absolute atomic E-state index is 0.124. The average Bonchev–Trinajstić information content (AvgIpc) is 2.55. The summed E-state index contributed by atoms with van der Waals surface area (Å²) in [6.45, 7) is 5.32. The molecule has 6 nitrogen and oxygen atoms in total. The second-order valence-electron chi connectivity index (χ2n) is 6.26. The number of hydrogen-bond donors (Lipinski definition) is 3. The maximum atomic E-state index is 11.8. The highest BCUT2D eigenvalue weighted by atomic mass is 16.3. The third kappa shape index (κ3) is 6.97. The Hall–Kier alpha value is -1.66. The van der Waals surface area contributed by atoms with Crippen LogP contribution in [0.4, 0.5) is 4.79 Å². The van der Waals surface area contributed by atoms with Crippen molar-refractivity contribution < 1.29 is 9.90 Å². The van der Waals surface area contributed by atoms with E-state index in [9.17, 15) is 4.79 Å². The lowest BCUT2D eigenvalue weighted by Crippen LogP contribution is -2.48. The number of carbonyl (C=O) groups excluding carboxylic acids is 1. The van der Waals surface area contributed by atoms with E-state index in [1.54, 1.807) is 6.92 Å². The van der Waals surface area contributed by atoms with E-state index >= 15 is 0 Å². The van der Waals surface area contributed by atoms with Crippen molar-refractivity contribution in [2.75, 3.05) is 26.2 Å². The number of nitrogens with one attached hydrogen (secondary N) is 2. The van der Waals surface area contributed by atoms with Crippen molar-refractivity contribution in [1.82, 2.24) is 20.5 Å². The molecule has 0 bridgehead atoms. The Morgan fingerprint density at radius 1 is 1.39 bits per heavy atom. The Labute approximate surface area is 138 Å². The van der Waals surface area contributed by atoms with Gasteiger partial charge in [0.25, 0.3) is 0 Å². The second-order valence-corrected chi connectivity index (χ2v) is 6.26. The summed E-state index contributed by atoms with van der Waals surface area (Å²) in [7, 11) is 0. The smallest absolute Gasteiger partial charge is 0.315 e. The first-order valence-electron chi connectivity index (χ1n) is 8.47. The van der Waals surface area contributed by atoms with Gasteiger partial charge in [0.1, 0.15) is 0 Å². The van der Waals surface area contributed by atoms with E-state index in [0.29, 0.717) is 13.0 Å². The lowest BCUT2D eigenvalue weighted by molar-refractivity contribution is 0.180. The Balaban J connectivity index is 1.59. The molecule has 0 aliphatic carbocycles. The summed E-state index contributed by atoms with van der Waals surface area (Å²) < 4.78 is 0. The second kappa shape index (κ2) is 9.47. The van der Waals surface area contributed by atoms with Crippen molar-refractivity contribution in [2.24, 2.45) is 0 Å². The van der Waals surface area contributed by atoms with Gasteiger partial charge in [-0.15, -0.1) is 0 Å². The topological polar surface area (TPSA) is 77.5 Å². The zero-order valence-electron chi connectivity index (χ0n) is 13.9. The number of likely N-dealkylation sites (tertiary alicyclic amines) is 1. The lowest BCUT2D eigenvalue weighted by atomic mass is 10.0. The van der Waals surface area contributed by atoms with Crippen LogP contribution in [0.15, 0.2) is 24.5 Å². The minimum Gasteiger partial charge on any atom is -0.393 e. The van der Waals surface area contributed by atoms with Gasteiger partial charge in [0.2, 0.25) is 0 Å². The van der Waals surface area contributed by atoms with Crippen molar-refractivity contribution >= 4 is 6.03 Å². The van der Waals surface area contributed by atoms with Crippen molar-refractivity contribution in [1.29, 1.82) is 0 Å². The van der Waals surface area contributed by atoms with Gasteiger partial charge < -0.3 is 20.6 Å². The van der Waals surface area contributed by atoms with Crippen LogP contribution in [0.2, 0.25) is 0 Å². The minimum atomic E-state index is -0.376. The number of amides is 2.